The van der Waals surface area contributed by atoms with E-state index in [-0.39, 0.29) is 38.0 Å². The molecular formula is C59H84O6. The summed E-state index contributed by atoms with van der Waals surface area (Å²) in [5.41, 5.74) is 0. The summed E-state index contributed by atoms with van der Waals surface area (Å²) in [5.74, 6) is -1.16. The molecule has 0 saturated heterocycles. The maximum Gasteiger partial charge on any atom is 0.306 e. The molecule has 0 aromatic rings. The Bertz CT molecular complexity index is 1630. The zero-order valence-corrected chi connectivity index (χ0v) is 40.4. The Balaban J connectivity index is 4.70. The van der Waals surface area contributed by atoms with Crippen molar-refractivity contribution < 1.29 is 28.6 Å². The lowest BCUT2D eigenvalue weighted by Crippen LogP contribution is -2.30. The minimum absolute atomic E-state index is 0.155. The van der Waals surface area contributed by atoms with Gasteiger partial charge in [0.15, 0.2) is 6.10 Å². The van der Waals surface area contributed by atoms with Gasteiger partial charge in [-0.25, -0.2) is 0 Å². The van der Waals surface area contributed by atoms with Crippen molar-refractivity contribution in [2.24, 2.45) is 0 Å². The molecule has 1 unspecified atom stereocenters. The van der Waals surface area contributed by atoms with Gasteiger partial charge in [-0.1, -0.05) is 229 Å². The second kappa shape index (κ2) is 51.1. The monoisotopic (exact) mass is 889 g/mol. The average molecular weight is 889 g/mol. The summed E-state index contributed by atoms with van der Waals surface area (Å²) in [4.78, 5) is 37.9. The Hall–Kier alpha value is -5.49. The highest BCUT2D eigenvalue weighted by Crippen LogP contribution is 2.10. The van der Waals surface area contributed by atoms with E-state index in [0.29, 0.717) is 19.3 Å². The molecule has 0 rings (SSSR count). The maximum absolute atomic E-state index is 12.7. The molecule has 0 aliphatic carbocycles. The van der Waals surface area contributed by atoms with Gasteiger partial charge < -0.3 is 14.2 Å². The van der Waals surface area contributed by atoms with Crippen LogP contribution in [-0.2, 0) is 28.6 Å². The number of rotatable bonds is 40. The van der Waals surface area contributed by atoms with Crippen LogP contribution in [0.2, 0.25) is 0 Å². The standard InChI is InChI=1S/C59H84O6/c1-4-7-10-13-16-19-22-25-27-29-30-32-34-37-40-43-46-49-52-58(61)64-55-56(54-63-57(60)51-48-45-42-39-36-33-24-21-18-15-12-9-6-3)65-59(62)53-50-47-44-41-38-35-31-28-26-23-20-17-14-11-8-5-2/h8-13,15-22,24-30,32-33,35-36,38-39,42,44,47,56H,4-7,14,23,31,34,37,40-41,43,45-46,48-55H2,1-3H3/b11-8-,12-9-,13-10-,18-15-,19-16-,20-17-,24-21-,25-22-,28-26-,29-27-,32-30-,36-33-,38-35-,42-39-,47-44-. The molecule has 0 aromatic heterocycles. The van der Waals surface area contributed by atoms with Crippen LogP contribution in [0.1, 0.15) is 149 Å². The van der Waals surface area contributed by atoms with Crippen LogP contribution in [0.25, 0.3) is 0 Å². The Kier molecular flexibility index (Phi) is 46.8. The van der Waals surface area contributed by atoms with Crippen LogP contribution in [0.5, 0.6) is 0 Å². The van der Waals surface area contributed by atoms with Crippen LogP contribution in [0.3, 0.4) is 0 Å². The highest BCUT2D eigenvalue weighted by atomic mass is 16.6. The first kappa shape index (κ1) is 59.5. The minimum Gasteiger partial charge on any atom is -0.462 e. The van der Waals surface area contributed by atoms with Gasteiger partial charge in [-0.05, 0) is 83.5 Å². The molecule has 1 atom stereocenters. The molecule has 6 nitrogen and oxygen atoms in total. The lowest BCUT2D eigenvalue weighted by molar-refractivity contribution is -0.166. The minimum atomic E-state index is -0.868. The number of ether oxygens (including phenoxy) is 3. The quantitative estimate of drug-likeness (QED) is 0.0200. The largest absolute Gasteiger partial charge is 0.462 e. The predicted molar refractivity (Wildman–Crippen MR) is 278 cm³/mol. The molecule has 0 aliphatic heterocycles. The Morgan fingerprint density at radius 1 is 0.338 bits per heavy atom. The molecule has 0 radical (unpaired) electrons. The van der Waals surface area contributed by atoms with Crippen LogP contribution < -0.4 is 0 Å². The summed E-state index contributed by atoms with van der Waals surface area (Å²) in [6, 6.07) is 0. The van der Waals surface area contributed by atoms with Crippen LogP contribution in [0.4, 0.5) is 0 Å². The van der Waals surface area contributed by atoms with E-state index in [2.05, 4.69) is 99.8 Å². The summed E-state index contributed by atoms with van der Waals surface area (Å²) in [6.07, 6.45) is 77.4. The fourth-order valence-corrected chi connectivity index (χ4v) is 5.55. The molecule has 0 fully saturated rings. The van der Waals surface area contributed by atoms with E-state index in [4.69, 9.17) is 14.2 Å². The summed E-state index contributed by atoms with van der Waals surface area (Å²) >= 11 is 0. The molecule has 6 heteroatoms. The smallest absolute Gasteiger partial charge is 0.306 e. The molecule has 0 heterocycles. The van der Waals surface area contributed by atoms with E-state index < -0.39 is 12.1 Å². The second-order valence-electron chi connectivity index (χ2n) is 15.1. The van der Waals surface area contributed by atoms with Gasteiger partial charge >= 0.3 is 17.9 Å². The molecule has 0 aromatic carbocycles. The van der Waals surface area contributed by atoms with Crippen molar-refractivity contribution in [3.8, 4) is 0 Å². The molecule has 356 valence electrons. The predicted octanol–water partition coefficient (Wildman–Crippen LogP) is 16.2. The van der Waals surface area contributed by atoms with Crippen LogP contribution in [0.15, 0.2) is 182 Å². The molecule has 0 saturated carbocycles. The van der Waals surface area contributed by atoms with Crippen molar-refractivity contribution in [2.75, 3.05) is 13.2 Å². The van der Waals surface area contributed by atoms with Crippen molar-refractivity contribution in [2.45, 2.75) is 155 Å². The van der Waals surface area contributed by atoms with Crippen molar-refractivity contribution >= 4 is 17.9 Å². The number of hydrogen-bond acceptors (Lipinski definition) is 6. The van der Waals surface area contributed by atoms with Gasteiger partial charge in [0.1, 0.15) is 13.2 Å². The van der Waals surface area contributed by atoms with E-state index in [1.165, 1.54) is 6.42 Å². The molecular weight excluding hydrogens is 805 g/mol. The van der Waals surface area contributed by atoms with Gasteiger partial charge in [-0.3, -0.25) is 14.4 Å². The summed E-state index contributed by atoms with van der Waals surface area (Å²) in [5, 5.41) is 0. The average Bonchev–Trinajstić information content (AvgIpc) is 3.30. The van der Waals surface area contributed by atoms with Gasteiger partial charge in [0, 0.05) is 19.3 Å². The van der Waals surface area contributed by atoms with Crippen LogP contribution in [-0.4, -0.2) is 37.2 Å². The number of carbonyl (C=O) groups is 3. The van der Waals surface area contributed by atoms with E-state index in [1.54, 1.807) is 0 Å². The van der Waals surface area contributed by atoms with Gasteiger partial charge in [-0.2, -0.15) is 0 Å². The number of allylic oxidation sites excluding steroid dienone is 30. The molecule has 0 amide bonds. The fraction of sp³-hybridized carbons (Fsp3) is 0.441. The highest BCUT2D eigenvalue weighted by molar-refractivity contribution is 5.71. The third-order valence-corrected chi connectivity index (χ3v) is 9.13. The first-order valence-corrected chi connectivity index (χ1v) is 24.4. The Morgan fingerprint density at radius 2 is 0.723 bits per heavy atom. The van der Waals surface area contributed by atoms with Gasteiger partial charge in [0.05, 0.1) is 0 Å². The van der Waals surface area contributed by atoms with Crippen LogP contribution >= 0.6 is 0 Å². The lowest BCUT2D eigenvalue weighted by atomic mass is 10.1. The normalized spacial score (nSPS) is 13.7. The van der Waals surface area contributed by atoms with E-state index >= 15 is 0 Å². The van der Waals surface area contributed by atoms with Gasteiger partial charge in [0.25, 0.3) is 0 Å². The van der Waals surface area contributed by atoms with E-state index in [0.717, 1.165) is 89.9 Å². The van der Waals surface area contributed by atoms with Gasteiger partial charge in [0.2, 0.25) is 0 Å². The topological polar surface area (TPSA) is 78.9 Å². The number of esters is 3. The SMILES string of the molecule is CC\C=C/C=C\C=C/C=C\C=C/CCCC(=O)OCC(COC(=O)CCCCCCC\C=C/C=C\C=C/C=C\C=C/CCC)OC(=O)CC/C=C\C/C=C\C/C=C\C/C=C\C/C=C\CC. The van der Waals surface area contributed by atoms with E-state index in [1.807, 2.05) is 103 Å². The number of hydrogen-bond donors (Lipinski definition) is 0. The number of carbonyl (C=O) groups excluding carboxylic acids is 3. The third-order valence-electron chi connectivity index (χ3n) is 9.13. The third kappa shape index (κ3) is 49.4. The first-order valence-electron chi connectivity index (χ1n) is 24.4. The van der Waals surface area contributed by atoms with Gasteiger partial charge in [-0.15, -0.1) is 0 Å². The zero-order valence-electron chi connectivity index (χ0n) is 40.4. The maximum atomic E-state index is 12.7. The van der Waals surface area contributed by atoms with Crippen molar-refractivity contribution in [3.63, 3.8) is 0 Å². The molecule has 0 bridgehead atoms. The Morgan fingerprint density at radius 3 is 1.22 bits per heavy atom. The Labute approximate surface area is 395 Å². The highest BCUT2D eigenvalue weighted by Gasteiger charge is 2.19. The first-order chi connectivity index (χ1) is 32.0. The summed E-state index contributed by atoms with van der Waals surface area (Å²) in [6.45, 7) is 6.09. The summed E-state index contributed by atoms with van der Waals surface area (Å²) < 4.78 is 16.6. The van der Waals surface area contributed by atoms with E-state index in [9.17, 15) is 14.4 Å². The summed E-state index contributed by atoms with van der Waals surface area (Å²) in [7, 11) is 0. The molecule has 0 N–H and O–H groups in total. The lowest BCUT2D eigenvalue weighted by Gasteiger charge is -2.18. The molecule has 65 heavy (non-hydrogen) atoms. The van der Waals surface area contributed by atoms with Crippen molar-refractivity contribution in [1.82, 2.24) is 0 Å². The zero-order chi connectivity index (χ0) is 47.2. The van der Waals surface area contributed by atoms with Crippen molar-refractivity contribution in [1.29, 1.82) is 0 Å². The fourth-order valence-electron chi connectivity index (χ4n) is 5.55. The second-order valence-corrected chi connectivity index (χ2v) is 15.1. The molecule has 0 aliphatic rings. The van der Waals surface area contributed by atoms with Crippen LogP contribution in [0, 0.1) is 0 Å². The number of unbranched alkanes of at least 4 members (excludes halogenated alkanes) is 7. The van der Waals surface area contributed by atoms with Crippen molar-refractivity contribution in [3.05, 3.63) is 182 Å². The molecule has 0 spiro atoms.